The number of aryl methyl sites for hydroxylation is 1. The van der Waals surface area contributed by atoms with E-state index >= 15 is 0 Å². The Balaban J connectivity index is 1.90. The van der Waals surface area contributed by atoms with Crippen LogP contribution in [-0.4, -0.2) is 36.0 Å². The number of rotatable bonds is 3. The molecule has 3 aromatic rings. The molecule has 3 rings (SSSR count). The highest BCUT2D eigenvalue weighted by atomic mass is 16.2. The number of carbonyl (C=O) groups is 1. The second-order valence-corrected chi connectivity index (χ2v) is 4.16. The van der Waals surface area contributed by atoms with Gasteiger partial charge in [0.05, 0.1) is 0 Å². The summed E-state index contributed by atoms with van der Waals surface area (Å²) in [6, 6.07) is 6.98. The Morgan fingerprint density at radius 3 is 2.81 bits per heavy atom. The van der Waals surface area contributed by atoms with Gasteiger partial charge < -0.3 is 0 Å². The summed E-state index contributed by atoms with van der Waals surface area (Å²) in [5, 5.41) is 8.95. The summed E-state index contributed by atoms with van der Waals surface area (Å²) in [4.78, 5) is 28.6. The number of amides is 1. The first-order valence-electron chi connectivity index (χ1n) is 6.17. The van der Waals surface area contributed by atoms with E-state index in [-0.39, 0.29) is 11.6 Å². The Labute approximate surface area is 119 Å². The molecule has 8 heteroatoms. The Morgan fingerprint density at radius 1 is 1.19 bits per heavy atom. The molecule has 0 aliphatic carbocycles. The summed E-state index contributed by atoms with van der Waals surface area (Å²) in [6.45, 7) is 1.72. The molecular formula is C13H11N7O. The van der Waals surface area contributed by atoms with Gasteiger partial charge in [-0.1, -0.05) is 6.07 Å². The second-order valence-electron chi connectivity index (χ2n) is 4.16. The number of hydrogen-bond donors (Lipinski definition) is 2. The molecule has 8 nitrogen and oxygen atoms in total. The van der Waals surface area contributed by atoms with E-state index in [2.05, 4.69) is 35.5 Å². The quantitative estimate of drug-likeness (QED) is 0.747. The molecule has 0 bridgehead atoms. The smallest absolute Gasteiger partial charge is 0.278 e. The van der Waals surface area contributed by atoms with Gasteiger partial charge >= 0.3 is 0 Å². The van der Waals surface area contributed by atoms with E-state index < -0.39 is 5.91 Å². The third-order valence-electron chi connectivity index (χ3n) is 2.60. The van der Waals surface area contributed by atoms with Crippen LogP contribution in [0.1, 0.15) is 16.3 Å². The predicted molar refractivity (Wildman–Crippen MR) is 74.3 cm³/mol. The molecule has 0 saturated carbocycles. The summed E-state index contributed by atoms with van der Waals surface area (Å²) >= 11 is 0. The number of hydrogen-bond acceptors (Lipinski definition) is 6. The first kappa shape index (κ1) is 12.9. The normalized spacial score (nSPS) is 10.3. The third-order valence-corrected chi connectivity index (χ3v) is 2.60. The van der Waals surface area contributed by atoms with Crippen LogP contribution in [0.5, 0.6) is 0 Å². The molecule has 0 spiro atoms. The Hall–Kier alpha value is -3.16. The number of pyridine rings is 1. The molecule has 0 unspecified atom stereocenters. The molecule has 0 fully saturated rings. The number of H-pyrrole nitrogens is 1. The van der Waals surface area contributed by atoms with Crippen molar-refractivity contribution in [1.82, 2.24) is 30.1 Å². The zero-order valence-corrected chi connectivity index (χ0v) is 11.1. The van der Waals surface area contributed by atoms with Gasteiger partial charge in [0, 0.05) is 12.4 Å². The van der Waals surface area contributed by atoms with Crippen molar-refractivity contribution in [2.45, 2.75) is 6.92 Å². The predicted octanol–water partition coefficient (Wildman–Crippen LogP) is 1.22. The summed E-state index contributed by atoms with van der Waals surface area (Å²) in [5.41, 5.74) is 0.866. The zero-order valence-electron chi connectivity index (χ0n) is 11.1. The highest BCUT2D eigenvalue weighted by molar-refractivity contribution is 6.01. The van der Waals surface area contributed by atoms with E-state index in [0.717, 1.165) is 0 Å². The van der Waals surface area contributed by atoms with Crippen LogP contribution < -0.4 is 5.32 Å². The molecule has 0 aliphatic heterocycles. The largest absolute Gasteiger partial charge is 0.289 e. The number of anilines is 1. The van der Waals surface area contributed by atoms with Crippen LogP contribution in [0.2, 0.25) is 0 Å². The summed E-state index contributed by atoms with van der Waals surface area (Å²) in [5.74, 6) is 0.661. The summed E-state index contributed by atoms with van der Waals surface area (Å²) < 4.78 is 0. The maximum Gasteiger partial charge on any atom is 0.278 e. The fourth-order valence-electron chi connectivity index (χ4n) is 1.70. The molecule has 0 radical (unpaired) electrons. The molecule has 2 N–H and O–H groups in total. The lowest BCUT2D eigenvalue weighted by Crippen LogP contribution is -2.16. The van der Waals surface area contributed by atoms with Gasteiger partial charge in [0.15, 0.2) is 5.82 Å². The number of nitrogens with one attached hydrogen (secondary N) is 2. The zero-order chi connectivity index (χ0) is 14.7. The molecule has 0 atom stereocenters. The van der Waals surface area contributed by atoms with Gasteiger partial charge in [0.1, 0.15) is 17.2 Å². The lowest BCUT2D eigenvalue weighted by atomic mass is 10.3. The van der Waals surface area contributed by atoms with Crippen molar-refractivity contribution in [2.75, 3.05) is 5.32 Å². The molecule has 3 heterocycles. The van der Waals surface area contributed by atoms with Crippen molar-refractivity contribution in [3.63, 3.8) is 0 Å². The SMILES string of the molecule is Cc1nc(NC(=O)c2cc[nH]n2)nc(-c2ccccn2)n1. The Morgan fingerprint density at radius 2 is 2.10 bits per heavy atom. The molecule has 104 valence electrons. The first-order valence-corrected chi connectivity index (χ1v) is 6.17. The number of carbonyl (C=O) groups excluding carboxylic acids is 1. The molecule has 21 heavy (non-hydrogen) atoms. The lowest BCUT2D eigenvalue weighted by Gasteiger charge is -2.05. The van der Waals surface area contributed by atoms with Crippen LogP contribution in [0.4, 0.5) is 5.95 Å². The van der Waals surface area contributed by atoms with Gasteiger partial charge in [-0.15, -0.1) is 0 Å². The lowest BCUT2D eigenvalue weighted by molar-refractivity contribution is 0.102. The van der Waals surface area contributed by atoms with E-state index in [1.807, 2.05) is 6.07 Å². The van der Waals surface area contributed by atoms with Gasteiger partial charge in [-0.05, 0) is 25.1 Å². The molecule has 0 aliphatic rings. The minimum Gasteiger partial charge on any atom is -0.289 e. The van der Waals surface area contributed by atoms with Crippen LogP contribution in [0.25, 0.3) is 11.5 Å². The average Bonchev–Trinajstić information content (AvgIpc) is 3.02. The van der Waals surface area contributed by atoms with Crippen LogP contribution in [0.15, 0.2) is 36.7 Å². The van der Waals surface area contributed by atoms with Gasteiger partial charge in [0.2, 0.25) is 5.95 Å². The third kappa shape index (κ3) is 2.89. The van der Waals surface area contributed by atoms with Crippen LogP contribution in [-0.2, 0) is 0 Å². The fourth-order valence-corrected chi connectivity index (χ4v) is 1.70. The standard InChI is InChI=1S/C13H11N7O/c1-8-16-11(9-4-2-3-6-14-9)18-13(17-8)19-12(21)10-5-7-15-20-10/h2-7H,1H3,(H,15,20)(H,16,17,18,19,21). The minimum atomic E-state index is -0.395. The highest BCUT2D eigenvalue weighted by Gasteiger charge is 2.12. The molecule has 1 amide bonds. The van der Waals surface area contributed by atoms with Gasteiger partial charge in [-0.25, -0.2) is 4.98 Å². The van der Waals surface area contributed by atoms with Crippen molar-refractivity contribution in [3.05, 3.63) is 48.2 Å². The topological polar surface area (TPSA) is 109 Å². The second kappa shape index (κ2) is 5.45. The molecule has 0 saturated heterocycles. The Bertz CT molecular complexity index is 755. The fraction of sp³-hybridized carbons (Fsp3) is 0.0769. The summed E-state index contributed by atoms with van der Waals surface area (Å²) in [6.07, 6.45) is 3.21. The van der Waals surface area contributed by atoms with Gasteiger partial charge in [0.25, 0.3) is 5.91 Å². The van der Waals surface area contributed by atoms with E-state index in [4.69, 9.17) is 0 Å². The first-order chi connectivity index (χ1) is 10.2. The van der Waals surface area contributed by atoms with Gasteiger partial charge in [-0.2, -0.15) is 15.1 Å². The molecular weight excluding hydrogens is 270 g/mol. The van der Waals surface area contributed by atoms with Crippen LogP contribution in [0, 0.1) is 6.92 Å². The maximum atomic E-state index is 11.9. The van der Waals surface area contributed by atoms with Crippen LogP contribution in [0.3, 0.4) is 0 Å². The Kier molecular flexibility index (Phi) is 3.34. The van der Waals surface area contributed by atoms with Gasteiger partial charge in [-0.3, -0.25) is 20.2 Å². The van der Waals surface area contributed by atoms with E-state index in [1.54, 1.807) is 37.5 Å². The van der Waals surface area contributed by atoms with Crippen molar-refractivity contribution in [3.8, 4) is 11.5 Å². The monoisotopic (exact) mass is 281 g/mol. The molecule has 0 aromatic carbocycles. The van der Waals surface area contributed by atoms with Crippen molar-refractivity contribution < 1.29 is 4.79 Å². The highest BCUT2D eigenvalue weighted by Crippen LogP contribution is 2.13. The maximum absolute atomic E-state index is 11.9. The average molecular weight is 281 g/mol. The number of aromatic nitrogens is 6. The van der Waals surface area contributed by atoms with E-state index in [9.17, 15) is 4.79 Å². The van der Waals surface area contributed by atoms with E-state index in [1.165, 1.54) is 0 Å². The van der Waals surface area contributed by atoms with Crippen LogP contribution >= 0.6 is 0 Å². The number of nitrogens with zero attached hydrogens (tertiary/aromatic N) is 5. The van der Waals surface area contributed by atoms with Crippen molar-refractivity contribution in [1.29, 1.82) is 0 Å². The summed E-state index contributed by atoms with van der Waals surface area (Å²) in [7, 11) is 0. The number of aromatic amines is 1. The molecule has 3 aromatic heterocycles. The van der Waals surface area contributed by atoms with Crippen molar-refractivity contribution in [2.24, 2.45) is 0 Å². The van der Waals surface area contributed by atoms with Crippen molar-refractivity contribution >= 4 is 11.9 Å². The van der Waals surface area contributed by atoms with E-state index in [0.29, 0.717) is 17.3 Å². The minimum absolute atomic E-state index is 0.163.